The molecule has 22 N–H and O–H groups in total. The summed E-state index contributed by atoms with van der Waals surface area (Å²) in [7, 11) is 0. The Hall–Kier alpha value is -1.74. The summed E-state index contributed by atoms with van der Waals surface area (Å²) in [5, 5.41) is 240. The maximum atomic E-state index is 12.6. The summed E-state index contributed by atoms with van der Waals surface area (Å²) in [6, 6.07) is 0. The first-order chi connectivity index (χ1) is 49.7. The molecule has 37 nitrogen and oxygen atoms in total. The third-order valence-electron chi connectivity index (χ3n) is 25.4. The van der Waals surface area contributed by atoms with Gasteiger partial charge >= 0.3 is 0 Å². The third kappa shape index (κ3) is 15.8. The summed E-state index contributed by atoms with van der Waals surface area (Å²) in [4.78, 5) is 0. The van der Waals surface area contributed by atoms with Gasteiger partial charge in [-0.25, -0.2) is 0 Å². The average molecular weight is 1520 g/mol. The lowest BCUT2D eigenvalue weighted by Crippen LogP contribution is -2.68. The van der Waals surface area contributed by atoms with Crippen LogP contribution in [0.2, 0.25) is 0 Å². The molecule has 0 aromatic carbocycles. The van der Waals surface area contributed by atoms with Gasteiger partial charge in [0, 0.05) is 12.3 Å². The molecule has 4 aliphatic carbocycles. The van der Waals surface area contributed by atoms with Crippen molar-refractivity contribution in [2.24, 2.45) is 46.3 Å². The van der Waals surface area contributed by atoms with Gasteiger partial charge in [0.25, 0.3) is 0 Å². The molecule has 0 radical (unpaired) electrons. The molecule has 0 aromatic heterocycles. The molecule has 0 amide bonds. The SMILES string of the molecule is C[C@@H](CC[C@@]1(O)O[C@H]2C[C@H]3[C@@H]4CC=C5C[C@@H](O[C@@H]6O[C@H](CO)[C@@H](O[C@@H]7O[C@H](CO)[C@@H](O)[C@H](O[C@@H]8O[C@H](CO[C@@H]9O[C@H](CO)[C@@H](O)[C@H](O)[C@H]9O)[C@@H](O[C@@H]9OC[C@@H](O)[C@H](O)[C@H]9O)[C@H](O)[C@H]8O)[C@H]7O)[C@H](O)[C@H]6O[C@@H]6O[C@@H](C)[C@H](O)[C@@H](O)[C@H]6O)CC[C@]5(C)[C@H]4CC[C@]3(C)[C@H]2[C@@H]1C)CO[C@@H]1O[C@H](CO)[C@@H](O)[C@H](O)[C@H]1O. The number of hydrogen-bond acceptors (Lipinski definition) is 37. The van der Waals surface area contributed by atoms with Crippen LogP contribution in [0, 0.1) is 46.3 Å². The van der Waals surface area contributed by atoms with Crippen LogP contribution in [0.25, 0.3) is 0 Å². The first-order valence-electron chi connectivity index (χ1n) is 36.9. The molecular formula is C68H112O37. The van der Waals surface area contributed by atoms with Crippen LogP contribution >= 0.6 is 0 Å². The van der Waals surface area contributed by atoms with Gasteiger partial charge in [0.1, 0.15) is 159 Å². The Labute approximate surface area is 605 Å². The minimum Gasteiger partial charge on any atom is -0.394 e. The fourth-order valence-corrected chi connectivity index (χ4v) is 19.1. The molecule has 37 heteroatoms. The van der Waals surface area contributed by atoms with Gasteiger partial charge in [-0.15, -0.1) is 0 Å². The Balaban J connectivity index is 0.718. The van der Waals surface area contributed by atoms with Crippen LogP contribution in [-0.2, 0) is 71.1 Å². The molecule has 0 unspecified atom stereocenters. The monoisotopic (exact) mass is 1520 g/mol. The molecule has 0 bridgehead atoms. The molecule has 11 fully saturated rings. The molecular weight excluding hydrogens is 1410 g/mol. The van der Waals surface area contributed by atoms with Crippen molar-refractivity contribution in [2.75, 3.05) is 46.2 Å². The highest BCUT2D eigenvalue weighted by Gasteiger charge is 2.69. The van der Waals surface area contributed by atoms with E-state index in [1.807, 2.05) is 6.92 Å². The van der Waals surface area contributed by atoms with Crippen molar-refractivity contribution in [3.8, 4) is 0 Å². The van der Waals surface area contributed by atoms with E-state index in [2.05, 4.69) is 26.8 Å². The topological polar surface area (TPSA) is 584 Å². The van der Waals surface area contributed by atoms with Crippen LogP contribution in [0.1, 0.15) is 92.4 Å². The summed E-state index contributed by atoms with van der Waals surface area (Å²) in [6.45, 7) is 5.32. The zero-order valence-corrected chi connectivity index (χ0v) is 59.1. The van der Waals surface area contributed by atoms with Gasteiger partial charge in [-0.05, 0) is 98.7 Å². The summed E-state index contributed by atoms with van der Waals surface area (Å²) in [6.07, 6.45) is -53.3. The minimum absolute atomic E-state index is 0.0702. The summed E-state index contributed by atoms with van der Waals surface area (Å²) in [5.74, 6) is -0.845. The molecule has 8 heterocycles. The second kappa shape index (κ2) is 33.4. The van der Waals surface area contributed by atoms with E-state index in [0.29, 0.717) is 32.1 Å². The normalized spacial score (nSPS) is 54.8. The molecule has 8 saturated heterocycles. The molecule has 0 aromatic rings. The summed E-state index contributed by atoms with van der Waals surface area (Å²) in [5.41, 5.74) is 0.725. The van der Waals surface area contributed by atoms with Crippen molar-refractivity contribution in [1.29, 1.82) is 0 Å². The van der Waals surface area contributed by atoms with Gasteiger partial charge in [-0.1, -0.05) is 39.3 Å². The lowest BCUT2D eigenvalue weighted by molar-refractivity contribution is -0.400. The van der Waals surface area contributed by atoms with E-state index in [9.17, 15) is 112 Å². The van der Waals surface area contributed by atoms with E-state index in [-0.39, 0.29) is 59.0 Å². The Morgan fingerprint density at radius 3 is 1.67 bits per heavy atom. The standard InChI is InChI=1S/C68H112O37/c1-23(20-91-59-49(84)45(80)41(76)33(16-69)96-59)8-13-68(90)24(2)38-32(105-68)15-30-28-7-6-26-14-27(9-11-66(26,4)29(28)10-12-67(30,38)5)95-65-58(104-62-51(86)44(79)39(74)25(3)94-62)53(88)55(36(19-72)99-65)102-64-54(89)57(43(78)35(18-71)98-64)103-63-52(87)47(82)56(101-61-48(83)40(75)31(73)21-92-61)37(100-63)22-93-60-50(85)46(81)42(77)34(17-70)97-60/h6,23-25,27-65,69-90H,7-22H2,1-5H3/t23-,24-,25-,27-,28+,29-,30-,31+,32-,33+,34+,35+,36+,37+,38-,39-,40-,41+,42+,43+,44+,45-,46-,47+,48+,49+,50+,51+,52+,53-,54+,55+,56+,57-,58+,59+,60+,61-,62-,63-,64-,65+,66-,67-,68+/m0/s1. The lowest BCUT2D eigenvalue weighted by atomic mass is 9.47. The van der Waals surface area contributed by atoms with Gasteiger partial charge in [0.15, 0.2) is 49.8 Å². The van der Waals surface area contributed by atoms with Crippen LogP contribution in [-0.4, -0.2) is 385 Å². The quantitative estimate of drug-likeness (QED) is 0.0423. The number of ether oxygens (including phenoxy) is 15. The Morgan fingerprint density at radius 2 is 1.01 bits per heavy atom. The van der Waals surface area contributed by atoms with Gasteiger partial charge in [-0.2, -0.15) is 0 Å². The van der Waals surface area contributed by atoms with E-state index < -0.39 is 260 Å². The molecule has 0 spiro atoms. The summed E-state index contributed by atoms with van der Waals surface area (Å²) < 4.78 is 90.0. The maximum absolute atomic E-state index is 12.6. The predicted molar refractivity (Wildman–Crippen MR) is 342 cm³/mol. The zero-order chi connectivity index (χ0) is 76.0. The predicted octanol–water partition coefficient (Wildman–Crippen LogP) is -8.90. The highest BCUT2D eigenvalue weighted by Crippen LogP contribution is 2.70. The molecule has 105 heavy (non-hydrogen) atoms. The molecule has 606 valence electrons. The lowest BCUT2D eigenvalue weighted by Gasteiger charge is -2.58. The minimum atomic E-state index is -2.24. The number of fused-ring (bicyclic) bond motifs is 7. The van der Waals surface area contributed by atoms with Gasteiger partial charge in [-0.3, -0.25) is 0 Å². The number of hydrogen-bond donors (Lipinski definition) is 22. The van der Waals surface area contributed by atoms with Gasteiger partial charge in [0.2, 0.25) is 0 Å². The number of aliphatic hydroxyl groups is 22. The average Bonchev–Trinajstić information content (AvgIpc) is 1.54. The van der Waals surface area contributed by atoms with E-state index in [1.54, 1.807) is 0 Å². The van der Waals surface area contributed by atoms with Crippen LogP contribution in [0.4, 0.5) is 0 Å². The molecule has 45 atom stereocenters. The first-order valence-corrected chi connectivity index (χ1v) is 36.9. The van der Waals surface area contributed by atoms with E-state index in [4.69, 9.17) is 71.1 Å². The molecule has 8 aliphatic heterocycles. The maximum Gasteiger partial charge on any atom is 0.187 e. The number of aliphatic hydroxyl groups excluding tert-OH is 21. The largest absolute Gasteiger partial charge is 0.394 e. The fraction of sp³-hybridized carbons (Fsp3) is 0.971. The van der Waals surface area contributed by atoms with Crippen molar-refractivity contribution < 1.29 is 183 Å². The first kappa shape index (κ1) is 82.7. The Bertz CT molecular complexity index is 2840. The van der Waals surface area contributed by atoms with Crippen molar-refractivity contribution in [1.82, 2.24) is 0 Å². The molecule has 12 aliphatic rings. The summed E-state index contributed by atoms with van der Waals surface area (Å²) >= 11 is 0. The number of allylic oxidation sites excluding steroid dienone is 1. The van der Waals surface area contributed by atoms with Crippen molar-refractivity contribution in [3.63, 3.8) is 0 Å². The Morgan fingerprint density at radius 1 is 0.486 bits per heavy atom. The zero-order valence-electron chi connectivity index (χ0n) is 59.1. The molecule has 12 rings (SSSR count). The van der Waals surface area contributed by atoms with Gasteiger partial charge < -0.3 is 183 Å². The Kier molecular flexibility index (Phi) is 26.3. The second-order valence-electron chi connectivity index (χ2n) is 31.8. The van der Waals surface area contributed by atoms with Crippen LogP contribution in [0.3, 0.4) is 0 Å². The van der Waals surface area contributed by atoms with Crippen LogP contribution in [0.15, 0.2) is 11.6 Å². The highest BCUT2D eigenvalue weighted by atomic mass is 16.8. The van der Waals surface area contributed by atoms with Crippen LogP contribution in [0.5, 0.6) is 0 Å². The second-order valence-corrected chi connectivity index (χ2v) is 31.8. The smallest absolute Gasteiger partial charge is 0.187 e. The van der Waals surface area contributed by atoms with E-state index in [1.165, 1.54) is 6.92 Å². The highest BCUT2D eigenvalue weighted by molar-refractivity contribution is 5.27. The number of rotatable bonds is 23. The fourth-order valence-electron chi connectivity index (χ4n) is 19.1. The van der Waals surface area contributed by atoms with Gasteiger partial charge in [0.05, 0.1) is 64.6 Å². The van der Waals surface area contributed by atoms with Crippen molar-refractivity contribution >= 4 is 0 Å². The third-order valence-corrected chi connectivity index (χ3v) is 25.4. The van der Waals surface area contributed by atoms with E-state index >= 15 is 0 Å². The van der Waals surface area contributed by atoms with E-state index in [0.717, 1.165) is 31.3 Å². The van der Waals surface area contributed by atoms with Crippen LogP contribution < -0.4 is 0 Å². The molecule has 3 saturated carbocycles. The van der Waals surface area contributed by atoms with Crippen molar-refractivity contribution in [3.05, 3.63) is 11.6 Å². The van der Waals surface area contributed by atoms with Crippen molar-refractivity contribution in [2.45, 2.75) is 319 Å².